The molecule has 8 nitrogen and oxygen atoms in total. The first-order valence-corrected chi connectivity index (χ1v) is 9.70. The highest BCUT2D eigenvalue weighted by Gasteiger charge is 2.25. The van der Waals surface area contributed by atoms with Crippen molar-refractivity contribution < 1.29 is 4.79 Å². The molecule has 0 saturated carbocycles. The number of carbonyl (C=O) groups is 1. The number of aromatic nitrogens is 2. The first kappa shape index (κ1) is 20.6. The van der Waals surface area contributed by atoms with E-state index < -0.39 is 0 Å². The van der Waals surface area contributed by atoms with Crippen LogP contribution in [0.5, 0.6) is 0 Å². The van der Waals surface area contributed by atoms with E-state index in [2.05, 4.69) is 20.6 Å². The lowest BCUT2D eigenvalue weighted by atomic mass is 10.1. The van der Waals surface area contributed by atoms with E-state index >= 15 is 0 Å². The van der Waals surface area contributed by atoms with Crippen molar-refractivity contribution in [1.29, 1.82) is 0 Å². The van der Waals surface area contributed by atoms with E-state index in [-0.39, 0.29) is 17.5 Å². The molecule has 8 heteroatoms. The molecule has 3 rings (SSSR count). The Morgan fingerprint density at radius 2 is 2.21 bits per heavy atom. The van der Waals surface area contributed by atoms with Gasteiger partial charge in [-0.05, 0) is 44.3 Å². The monoisotopic (exact) mass is 396 g/mol. The van der Waals surface area contributed by atoms with E-state index in [1.165, 1.54) is 0 Å². The van der Waals surface area contributed by atoms with Crippen molar-refractivity contribution in [3.05, 3.63) is 53.1 Å². The number of likely N-dealkylation sites (N-methyl/N-ethyl adjacent to an activating group) is 1. The number of amides is 1. The van der Waals surface area contributed by atoms with Crippen LogP contribution in [0.15, 0.2) is 47.5 Å². The molecule has 0 spiro atoms. The number of aromatic amines is 1. The smallest absolute Gasteiger partial charge is 0.271 e. The van der Waals surface area contributed by atoms with Crippen molar-refractivity contribution in [2.75, 3.05) is 51.4 Å². The maximum atomic E-state index is 12.3. The van der Waals surface area contributed by atoms with Crippen LogP contribution in [0.25, 0.3) is 11.1 Å². The fourth-order valence-electron chi connectivity index (χ4n) is 3.27. The molecular weight excluding hydrogens is 368 g/mol. The molecule has 3 N–H and O–H groups in total. The highest BCUT2D eigenvalue weighted by molar-refractivity contribution is 5.87. The predicted molar refractivity (Wildman–Crippen MR) is 116 cm³/mol. The third kappa shape index (κ3) is 5.45. The van der Waals surface area contributed by atoms with Crippen LogP contribution in [-0.2, 0) is 4.79 Å². The van der Waals surface area contributed by atoms with Crippen LogP contribution < -0.4 is 16.2 Å². The first-order valence-electron chi connectivity index (χ1n) is 9.70. The molecule has 0 bridgehead atoms. The molecule has 0 aromatic carbocycles. The van der Waals surface area contributed by atoms with Gasteiger partial charge < -0.3 is 25.4 Å². The van der Waals surface area contributed by atoms with Crippen LogP contribution in [0.3, 0.4) is 0 Å². The van der Waals surface area contributed by atoms with E-state index in [9.17, 15) is 9.59 Å². The summed E-state index contributed by atoms with van der Waals surface area (Å²) in [6.45, 7) is 1.98. The summed E-state index contributed by atoms with van der Waals surface area (Å²) in [6.07, 6.45) is 7.71. The molecule has 1 saturated heterocycles. The number of rotatable bonds is 7. The van der Waals surface area contributed by atoms with Gasteiger partial charge >= 0.3 is 0 Å². The summed E-state index contributed by atoms with van der Waals surface area (Å²) in [5.74, 6) is 0.769. The van der Waals surface area contributed by atoms with E-state index in [1.54, 1.807) is 18.5 Å². The molecule has 1 amide bonds. The molecule has 1 atom stereocenters. The van der Waals surface area contributed by atoms with Crippen LogP contribution in [0, 0.1) is 0 Å². The van der Waals surface area contributed by atoms with Crippen molar-refractivity contribution in [3.8, 4) is 11.1 Å². The number of anilines is 2. The van der Waals surface area contributed by atoms with E-state index in [0.29, 0.717) is 18.8 Å². The Morgan fingerprint density at radius 1 is 1.38 bits per heavy atom. The Morgan fingerprint density at radius 3 is 2.97 bits per heavy atom. The quantitative estimate of drug-likeness (QED) is 0.616. The van der Waals surface area contributed by atoms with Crippen LogP contribution in [-0.4, -0.2) is 72.5 Å². The van der Waals surface area contributed by atoms with E-state index in [0.717, 1.165) is 29.9 Å². The third-order valence-corrected chi connectivity index (χ3v) is 4.84. The second kappa shape index (κ2) is 9.38. The van der Waals surface area contributed by atoms with Gasteiger partial charge in [-0.25, -0.2) is 4.98 Å². The lowest BCUT2D eigenvalue weighted by Crippen LogP contribution is -2.31. The maximum absolute atomic E-state index is 12.3. The number of carbonyl (C=O) groups excluding carboxylic acids is 1. The minimum absolute atomic E-state index is 0.00944. The molecule has 2 aromatic heterocycles. The maximum Gasteiger partial charge on any atom is 0.271 e. The number of nitrogens with one attached hydrogen (secondary N) is 3. The fraction of sp³-hybridized carbons (Fsp3) is 0.381. The van der Waals surface area contributed by atoms with Gasteiger partial charge in [0.25, 0.3) is 5.56 Å². The molecular formula is C21H28N6O2. The molecule has 29 heavy (non-hydrogen) atoms. The second-order valence-corrected chi connectivity index (χ2v) is 7.39. The van der Waals surface area contributed by atoms with Crippen molar-refractivity contribution in [1.82, 2.24) is 19.8 Å². The number of likely N-dealkylation sites (tertiary alicyclic amines) is 1. The molecule has 2 aromatic rings. The number of hydrogen-bond acceptors (Lipinski definition) is 6. The van der Waals surface area contributed by atoms with Crippen molar-refractivity contribution in [3.63, 3.8) is 0 Å². The first-order chi connectivity index (χ1) is 14.0. The molecule has 1 aliphatic heterocycles. The zero-order valence-corrected chi connectivity index (χ0v) is 17.1. The largest absolute Gasteiger partial charge is 0.376 e. The summed E-state index contributed by atoms with van der Waals surface area (Å²) >= 11 is 0. The van der Waals surface area contributed by atoms with Gasteiger partial charge in [0, 0.05) is 56.8 Å². The summed E-state index contributed by atoms with van der Waals surface area (Å²) in [5.41, 5.74) is 2.18. The Hall–Kier alpha value is -3.13. The van der Waals surface area contributed by atoms with Gasteiger partial charge in [-0.3, -0.25) is 9.59 Å². The summed E-state index contributed by atoms with van der Waals surface area (Å²) in [7, 11) is 5.73. The molecule has 0 aliphatic carbocycles. The topological polar surface area (TPSA) is 93.4 Å². The van der Waals surface area contributed by atoms with Crippen molar-refractivity contribution in [2.45, 2.75) is 12.5 Å². The van der Waals surface area contributed by atoms with Gasteiger partial charge in [0.1, 0.15) is 11.5 Å². The van der Waals surface area contributed by atoms with Crippen LogP contribution in [0.1, 0.15) is 6.42 Å². The zero-order chi connectivity index (χ0) is 20.8. The number of nitrogens with zero attached hydrogens (tertiary/aromatic N) is 3. The van der Waals surface area contributed by atoms with Crippen LogP contribution >= 0.6 is 0 Å². The molecule has 1 aliphatic rings. The van der Waals surface area contributed by atoms with Gasteiger partial charge in [0.05, 0.1) is 0 Å². The molecule has 154 valence electrons. The Bertz CT molecular complexity index is 937. The lowest BCUT2D eigenvalue weighted by molar-refractivity contribution is -0.125. The van der Waals surface area contributed by atoms with E-state index in [1.807, 2.05) is 55.2 Å². The standard InChI is InChI=1S/C21H28N6O2/c1-22-19-12-15(6-8-23-19)16-11-18(21(29)24-13-16)25-17-7-10-27(14-17)20(28)5-4-9-26(2)3/h4-6,8,11-13,17,25H,7,9-10,14H2,1-3H3,(H,22,23)(H,24,29)/b5-4+. The number of pyridine rings is 2. The summed E-state index contributed by atoms with van der Waals surface area (Å²) < 4.78 is 0. The fourth-order valence-corrected chi connectivity index (χ4v) is 3.27. The van der Waals surface area contributed by atoms with Crippen molar-refractivity contribution >= 4 is 17.4 Å². The number of H-pyrrole nitrogens is 1. The third-order valence-electron chi connectivity index (χ3n) is 4.84. The van der Waals surface area contributed by atoms with Gasteiger partial charge in [0.2, 0.25) is 5.91 Å². The minimum atomic E-state index is -0.174. The zero-order valence-electron chi connectivity index (χ0n) is 17.1. The van der Waals surface area contributed by atoms with Crippen LogP contribution in [0.2, 0.25) is 0 Å². The van der Waals surface area contributed by atoms with Crippen molar-refractivity contribution in [2.24, 2.45) is 0 Å². The summed E-state index contributed by atoms with van der Waals surface area (Å²) in [5, 5.41) is 6.32. The van der Waals surface area contributed by atoms with Gasteiger partial charge in [0.15, 0.2) is 0 Å². The minimum Gasteiger partial charge on any atom is -0.376 e. The average Bonchev–Trinajstić information content (AvgIpc) is 3.18. The highest BCUT2D eigenvalue weighted by Crippen LogP contribution is 2.22. The normalized spacial score (nSPS) is 16.6. The average molecular weight is 396 g/mol. The molecule has 0 radical (unpaired) electrons. The van der Waals surface area contributed by atoms with Gasteiger partial charge in [-0.15, -0.1) is 0 Å². The SMILES string of the molecule is CNc1cc(-c2c[nH]c(=O)c(NC3CCN(C(=O)/C=C/CN(C)C)C3)c2)ccn1. The predicted octanol–water partition coefficient (Wildman–Crippen LogP) is 1.61. The Balaban J connectivity index is 1.67. The molecule has 1 unspecified atom stereocenters. The lowest BCUT2D eigenvalue weighted by Gasteiger charge is -2.16. The summed E-state index contributed by atoms with van der Waals surface area (Å²) in [6, 6.07) is 5.71. The highest BCUT2D eigenvalue weighted by atomic mass is 16.2. The molecule has 1 fully saturated rings. The molecule has 3 heterocycles. The Labute approximate surface area is 170 Å². The van der Waals surface area contributed by atoms with Crippen LogP contribution in [0.4, 0.5) is 11.5 Å². The Kier molecular flexibility index (Phi) is 6.66. The second-order valence-electron chi connectivity index (χ2n) is 7.39. The van der Waals surface area contributed by atoms with Gasteiger partial charge in [-0.2, -0.15) is 0 Å². The van der Waals surface area contributed by atoms with Gasteiger partial charge in [-0.1, -0.05) is 6.08 Å². The summed E-state index contributed by atoms with van der Waals surface area (Å²) in [4.78, 5) is 35.4. The number of hydrogen-bond donors (Lipinski definition) is 3. The van der Waals surface area contributed by atoms with E-state index in [4.69, 9.17) is 0 Å².